The highest BCUT2D eigenvalue weighted by molar-refractivity contribution is 7.89. The van der Waals surface area contributed by atoms with Gasteiger partial charge >= 0.3 is 12.1 Å². The Balaban J connectivity index is 0.000000396. The van der Waals surface area contributed by atoms with Crippen LogP contribution in [0, 0.1) is 0 Å². The summed E-state index contributed by atoms with van der Waals surface area (Å²) in [5, 5.41) is 7.12. The number of nitrogens with zero attached hydrogens (tertiary/aromatic N) is 2. The third kappa shape index (κ3) is 6.89. The minimum Gasteiger partial charge on any atom is -0.475 e. The normalized spacial score (nSPS) is 21.4. The number of carboxylic acids is 1. The molecule has 3 rings (SSSR count). The van der Waals surface area contributed by atoms with E-state index in [1.54, 1.807) is 16.7 Å². The Morgan fingerprint density at radius 2 is 2.10 bits per heavy atom. The Labute approximate surface area is 173 Å². The van der Waals surface area contributed by atoms with Crippen molar-refractivity contribution >= 4 is 16.0 Å². The molecule has 170 valence electrons. The maximum Gasteiger partial charge on any atom is 0.490 e. The largest absolute Gasteiger partial charge is 0.490 e. The smallest absolute Gasteiger partial charge is 0.475 e. The lowest BCUT2D eigenvalue weighted by Gasteiger charge is -2.52. The Morgan fingerprint density at radius 3 is 2.63 bits per heavy atom. The number of hydrogen-bond donors (Lipinski definition) is 1. The predicted octanol–water partition coefficient (Wildman–Crippen LogP) is 2.20. The van der Waals surface area contributed by atoms with E-state index in [1.807, 2.05) is 19.1 Å². The first-order valence-corrected chi connectivity index (χ1v) is 11.0. The average molecular weight is 454 g/mol. The van der Waals surface area contributed by atoms with Gasteiger partial charge in [0.1, 0.15) is 0 Å². The lowest BCUT2D eigenvalue weighted by molar-refractivity contribution is -0.192. The van der Waals surface area contributed by atoms with Crippen LogP contribution in [-0.4, -0.2) is 72.1 Å². The molecule has 3 heterocycles. The van der Waals surface area contributed by atoms with Crippen molar-refractivity contribution in [1.82, 2.24) is 9.29 Å². The molecule has 12 heteroatoms. The third-order valence-corrected chi connectivity index (χ3v) is 6.65. The van der Waals surface area contributed by atoms with Crippen molar-refractivity contribution in [3.8, 4) is 0 Å². The van der Waals surface area contributed by atoms with Crippen LogP contribution < -0.4 is 0 Å². The van der Waals surface area contributed by atoms with Crippen molar-refractivity contribution in [2.24, 2.45) is 0 Å². The molecule has 2 fully saturated rings. The molecule has 1 aromatic rings. The first kappa shape index (κ1) is 24.5. The quantitative estimate of drug-likeness (QED) is 0.702. The summed E-state index contributed by atoms with van der Waals surface area (Å²) in [6.45, 7) is 3.96. The minimum atomic E-state index is -5.08. The van der Waals surface area contributed by atoms with Gasteiger partial charge in [-0.1, -0.05) is 13.0 Å². The number of alkyl halides is 3. The molecule has 1 N–H and O–H groups in total. The van der Waals surface area contributed by atoms with Crippen LogP contribution in [0.1, 0.15) is 31.7 Å². The minimum absolute atomic E-state index is 0.111. The number of carbonyl (C=O) groups is 1. The molecular weight excluding hydrogens is 429 g/mol. The van der Waals surface area contributed by atoms with E-state index in [-0.39, 0.29) is 17.5 Å². The van der Waals surface area contributed by atoms with Gasteiger partial charge in [-0.05, 0) is 24.5 Å². The first-order valence-electron chi connectivity index (χ1n) is 9.40. The topological polar surface area (TPSA) is 106 Å². The van der Waals surface area contributed by atoms with E-state index < -0.39 is 22.2 Å². The summed E-state index contributed by atoms with van der Waals surface area (Å²) < 4.78 is 69.3. The van der Waals surface area contributed by atoms with E-state index >= 15 is 0 Å². The molecule has 0 radical (unpaired) electrons. The number of pyridine rings is 1. The van der Waals surface area contributed by atoms with Crippen molar-refractivity contribution < 1.29 is 41.0 Å². The van der Waals surface area contributed by atoms with E-state index in [4.69, 9.17) is 19.4 Å². The highest BCUT2D eigenvalue weighted by Crippen LogP contribution is 2.37. The molecule has 2 aliphatic heterocycles. The lowest BCUT2D eigenvalue weighted by Crippen LogP contribution is -2.67. The summed E-state index contributed by atoms with van der Waals surface area (Å²) >= 11 is 0. The number of halogens is 3. The molecule has 0 bridgehead atoms. The molecule has 8 nitrogen and oxygen atoms in total. The van der Waals surface area contributed by atoms with Crippen LogP contribution >= 0.6 is 0 Å². The van der Waals surface area contributed by atoms with E-state index in [0.29, 0.717) is 32.7 Å². The molecule has 1 unspecified atom stereocenters. The fraction of sp³-hybridized carbons (Fsp3) is 0.667. The lowest BCUT2D eigenvalue weighted by atomic mass is 9.86. The van der Waals surface area contributed by atoms with Crippen LogP contribution in [0.15, 0.2) is 24.5 Å². The molecule has 1 aromatic heterocycles. The fourth-order valence-electron chi connectivity index (χ4n) is 3.22. The Kier molecular flexibility index (Phi) is 8.20. The Morgan fingerprint density at radius 1 is 1.43 bits per heavy atom. The van der Waals surface area contributed by atoms with Crippen LogP contribution in [0.5, 0.6) is 0 Å². The monoisotopic (exact) mass is 454 g/mol. The highest BCUT2D eigenvalue weighted by atomic mass is 32.2. The van der Waals surface area contributed by atoms with Crippen molar-refractivity contribution in [3.05, 3.63) is 30.1 Å². The van der Waals surface area contributed by atoms with Gasteiger partial charge in [-0.3, -0.25) is 4.98 Å². The van der Waals surface area contributed by atoms with Crippen LogP contribution in [0.25, 0.3) is 0 Å². The molecule has 30 heavy (non-hydrogen) atoms. The molecule has 2 saturated heterocycles. The molecular formula is C18H25F3N2O6S. The summed E-state index contributed by atoms with van der Waals surface area (Å²) in [4.78, 5) is 13.0. The summed E-state index contributed by atoms with van der Waals surface area (Å²) in [5.41, 5.74) is 0.701. The zero-order chi connectivity index (χ0) is 22.4. The molecule has 1 atom stereocenters. The number of sulfonamides is 1. The van der Waals surface area contributed by atoms with Gasteiger partial charge in [-0.25, -0.2) is 13.2 Å². The molecule has 1 spiro atoms. The zero-order valence-electron chi connectivity index (χ0n) is 16.5. The van der Waals surface area contributed by atoms with Crippen LogP contribution in [0.2, 0.25) is 0 Å². The molecule has 0 amide bonds. The van der Waals surface area contributed by atoms with Gasteiger partial charge in [0.2, 0.25) is 10.0 Å². The number of rotatable bonds is 6. The van der Waals surface area contributed by atoms with Gasteiger partial charge in [0, 0.05) is 38.5 Å². The van der Waals surface area contributed by atoms with E-state index in [2.05, 4.69) is 4.98 Å². The second-order valence-corrected chi connectivity index (χ2v) is 9.29. The van der Waals surface area contributed by atoms with E-state index in [1.165, 1.54) is 0 Å². The number of carboxylic acid groups (broad SMARTS) is 1. The maximum atomic E-state index is 12.1. The van der Waals surface area contributed by atoms with Gasteiger partial charge in [-0.15, -0.1) is 0 Å². The van der Waals surface area contributed by atoms with Gasteiger partial charge in [-0.2, -0.15) is 17.5 Å². The van der Waals surface area contributed by atoms with Crippen LogP contribution in [0.3, 0.4) is 0 Å². The number of hydrogen-bond acceptors (Lipinski definition) is 6. The number of aromatic nitrogens is 1. The summed E-state index contributed by atoms with van der Waals surface area (Å²) in [6.07, 6.45) is 0.822. The summed E-state index contributed by atoms with van der Waals surface area (Å²) in [7, 11) is -3.12. The second kappa shape index (κ2) is 10.0. The third-order valence-electron chi connectivity index (χ3n) is 4.68. The van der Waals surface area contributed by atoms with E-state index in [9.17, 15) is 21.6 Å². The van der Waals surface area contributed by atoms with Gasteiger partial charge < -0.3 is 14.6 Å². The van der Waals surface area contributed by atoms with Crippen molar-refractivity contribution in [2.75, 3.05) is 25.4 Å². The number of ether oxygens (including phenoxy) is 2. The Hall–Kier alpha value is -1.76. The van der Waals surface area contributed by atoms with Gasteiger partial charge in [0.05, 0.1) is 24.1 Å². The first-order chi connectivity index (χ1) is 14.0. The molecule has 2 aliphatic rings. The van der Waals surface area contributed by atoms with Crippen LogP contribution in [0.4, 0.5) is 13.2 Å². The SMILES string of the molecule is CCCS(=O)(=O)N1CC2(CC(OCc3cccnc3)CCO2)C1.O=C(O)C(F)(F)F. The predicted molar refractivity (Wildman–Crippen MR) is 100 cm³/mol. The summed E-state index contributed by atoms with van der Waals surface area (Å²) in [6, 6.07) is 3.89. The standard InChI is InChI=1S/C16H24N2O4S.C2HF3O2/c1-2-8-23(19,20)18-12-16(13-18)9-15(5-7-22-16)21-11-14-4-3-6-17-10-14;3-2(4,5)1(6)7/h3-4,6,10,15H,2,5,7-9,11-13H2,1H3;(H,6,7). The van der Waals surface area contributed by atoms with Crippen molar-refractivity contribution in [1.29, 1.82) is 0 Å². The highest BCUT2D eigenvalue weighted by Gasteiger charge is 2.51. The van der Waals surface area contributed by atoms with Gasteiger partial charge in [0.25, 0.3) is 0 Å². The van der Waals surface area contributed by atoms with Gasteiger partial charge in [0.15, 0.2) is 0 Å². The maximum absolute atomic E-state index is 12.1. The number of aliphatic carboxylic acids is 1. The summed E-state index contributed by atoms with van der Waals surface area (Å²) in [5.74, 6) is -2.54. The van der Waals surface area contributed by atoms with Crippen molar-refractivity contribution in [2.45, 2.75) is 50.7 Å². The van der Waals surface area contributed by atoms with E-state index in [0.717, 1.165) is 18.4 Å². The zero-order valence-corrected chi connectivity index (χ0v) is 17.3. The van der Waals surface area contributed by atoms with Crippen LogP contribution in [-0.2, 0) is 30.9 Å². The Bertz CT molecular complexity index is 798. The molecule has 0 saturated carbocycles. The average Bonchev–Trinajstić information content (AvgIpc) is 2.65. The second-order valence-electron chi connectivity index (χ2n) is 7.21. The molecule has 0 aliphatic carbocycles. The van der Waals surface area contributed by atoms with Crippen molar-refractivity contribution in [3.63, 3.8) is 0 Å². The fourth-order valence-corrected chi connectivity index (χ4v) is 4.86. The molecule has 0 aromatic carbocycles.